The summed E-state index contributed by atoms with van der Waals surface area (Å²) in [6, 6.07) is 11.8. The molecule has 0 amide bonds. The predicted molar refractivity (Wildman–Crippen MR) is 83.8 cm³/mol. The van der Waals surface area contributed by atoms with E-state index in [1.165, 1.54) is 0 Å². The molecule has 3 heterocycles. The number of ether oxygens (including phenoxy) is 1. The van der Waals surface area contributed by atoms with Gasteiger partial charge in [0.2, 0.25) is 0 Å². The molecule has 0 saturated heterocycles. The van der Waals surface area contributed by atoms with Crippen LogP contribution in [0.1, 0.15) is 40.3 Å². The Morgan fingerprint density at radius 1 is 1.23 bits per heavy atom. The van der Waals surface area contributed by atoms with Crippen molar-refractivity contribution in [1.29, 1.82) is 0 Å². The lowest BCUT2D eigenvalue weighted by Crippen LogP contribution is -2.05. The molecule has 3 aromatic rings. The van der Waals surface area contributed by atoms with Crippen LogP contribution in [-0.4, -0.2) is 15.5 Å². The van der Waals surface area contributed by atoms with Gasteiger partial charge < -0.3 is 9.30 Å². The van der Waals surface area contributed by atoms with Gasteiger partial charge in [0.05, 0.1) is 5.56 Å². The molecule has 0 aliphatic carbocycles. The molecular weight excluding hydrogens is 276 g/mol. The molecule has 0 N–H and O–H groups in total. The molecule has 0 radical (unpaired) electrons. The first-order valence-electron chi connectivity index (χ1n) is 7.46. The Morgan fingerprint density at radius 3 is 2.86 bits per heavy atom. The Labute approximate surface area is 128 Å². The van der Waals surface area contributed by atoms with E-state index < -0.39 is 6.10 Å². The minimum Gasteiger partial charge on any atom is -0.447 e. The quantitative estimate of drug-likeness (QED) is 0.678. The normalized spacial score (nSPS) is 16.8. The number of esters is 1. The molecule has 110 valence electrons. The molecule has 0 saturated carbocycles. The number of nitrogens with zero attached hydrogens (tertiary/aromatic N) is 2. The maximum Gasteiger partial charge on any atom is 0.341 e. The summed E-state index contributed by atoms with van der Waals surface area (Å²) in [6.45, 7) is 5.08. The second-order valence-electron chi connectivity index (χ2n) is 5.48. The Balaban J connectivity index is 2.01. The summed E-state index contributed by atoms with van der Waals surface area (Å²) < 4.78 is 7.90. The van der Waals surface area contributed by atoms with Gasteiger partial charge in [0, 0.05) is 34.9 Å². The fourth-order valence-corrected chi connectivity index (χ4v) is 3.42. The fraction of sp³-hybridized carbons (Fsp3) is 0.222. The third kappa shape index (κ3) is 1.64. The lowest BCUT2D eigenvalue weighted by molar-refractivity contribution is 0.0453. The van der Waals surface area contributed by atoms with Gasteiger partial charge in [-0.2, -0.15) is 0 Å². The van der Waals surface area contributed by atoms with E-state index in [1.54, 1.807) is 18.3 Å². The van der Waals surface area contributed by atoms with Gasteiger partial charge in [-0.1, -0.05) is 18.2 Å². The number of cyclic esters (lactones) is 1. The van der Waals surface area contributed by atoms with Crippen LogP contribution in [0.3, 0.4) is 0 Å². The number of para-hydroxylation sites is 1. The number of rotatable bonds is 2. The van der Waals surface area contributed by atoms with Gasteiger partial charge in [-0.15, -0.1) is 0 Å². The summed E-state index contributed by atoms with van der Waals surface area (Å²) in [6.07, 6.45) is 1.30. The van der Waals surface area contributed by atoms with Gasteiger partial charge in [0.1, 0.15) is 5.69 Å². The third-order valence-electron chi connectivity index (χ3n) is 4.39. The monoisotopic (exact) mass is 292 g/mol. The molecule has 1 aliphatic heterocycles. The van der Waals surface area contributed by atoms with Gasteiger partial charge in [-0.05, 0) is 32.0 Å². The zero-order valence-electron chi connectivity index (χ0n) is 12.5. The first-order chi connectivity index (χ1) is 10.7. The number of benzene rings is 1. The van der Waals surface area contributed by atoms with Crippen LogP contribution in [0.2, 0.25) is 0 Å². The molecule has 4 rings (SSSR count). The molecule has 22 heavy (non-hydrogen) atoms. The third-order valence-corrected chi connectivity index (χ3v) is 4.39. The maximum atomic E-state index is 12.1. The average molecular weight is 292 g/mol. The zero-order valence-corrected chi connectivity index (χ0v) is 12.5. The number of fused-ring (bicyclic) bond motifs is 2. The molecule has 1 aromatic carbocycles. The van der Waals surface area contributed by atoms with E-state index in [1.807, 2.05) is 12.1 Å². The van der Waals surface area contributed by atoms with Crippen LogP contribution in [0, 0.1) is 6.92 Å². The maximum absolute atomic E-state index is 12.1. The van der Waals surface area contributed by atoms with Gasteiger partial charge >= 0.3 is 5.97 Å². The second kappa shape index (κ2) is 4.70. The highest BCUT2D eigenvalue weighted by Crippen LogP contribution is 2.40. The van der Waals surface area contributed by atoms with Crippen LogP contribution in [-0.2, 0) is 11.3 Å². The summed E-state index contributed by atoms with van der Waals surface area (Å²) in [5.74, 6) is -0.291. The second-order valence-corrected chi connectivity index (χ2v) is 5.48. The Morgan fingerprint density at radius 2 is 2.05 bits per heavy atom. The lowest BCUT2D eigenvalue weighted by atomic mass is 10.0. The van der Waals surface area contributed by atoms with E-state index in [9.17, 15) is 4.79 Å². The Hall–Kier alpha value is -2.62. The molecule has 1 atom stereocenters. The van der Waals surface area contributed by atoms with E-state index in [4.69, 9.17) is 4.74 Å². The summed E-state index contributed by atoms with van der Waals surface area (Å²) in [7, 11) is 0. The molecule has 1 unspecified atom stereocenters. The molecule has 1 aliphatic rings. The van der Waals surface area contributed by atoms with Crippen LogP contribution >= 0.6 is 0 Å². The number of carbonyl (C=O) groups excluding carboxylic acids is 1. The van der Waals surface area contributed by atoms with E-state index in [0.717, 1.165) is 34.4 Å². The molecule has 0 bridgehead atoms. The topological polar surface area (TPSA) is 44.1 Å². The SMILES string of the molecule is CCn1c(C)c(C2OC(=O)c3cccnc32)c2ccccc21. The van der Waals surface area contributed by atoms with Crippen molar-refractivity contribution in [1.82, 2.24) is 9.55 Å². The van der Waals surface area contributed by atoms with Crippen molar-refractivity contribution in [3.63, 3.8) is 0 Å². The van der Waals surface area contributed by atoms with Crippen molar-refractivity contribution in [2.75, 3.05) is 0 Å². The number of hydrogen-bond acceptors (Lipinski definition) is 3. The average Bonchev–Trinajstić information content (AvgIpc) is 3.02. The van der Waals surface area contributed by atoms with Crippen molar-refractivity contribution in [3.8, 4) is 0 Å². The van der Waals surface area contributed by atoms with E-state index in [-0.39, 0.29) is 5.97 Å². The summed E-state index contributed by atoms with van der Waals surface area (Å²) in [4.78, 5) is 16.5. The standard InChI is InChI=1S/C18H16N2O2/c1-3-20-11(2)15(12-7-4-5-9-14(12)20)17-16-13(18(21)22-17)8-6-10-19-16/h4-10,17H,3H2,1-2H3. The predicted octanol–water partition coefficient (Wildman–Crippen LogP) is 3.62. The molecule has 0 fully saturated rings. The zero-order chi connectivity index (χ0) is 15.3. The van der Waals surface area contributed by atoms with Crippen LogP contribution in [0.25, 0.3) is 10.9 Å². The van der Waals surface area contributed by atoms with Gasteiger partial charge in [-0.25, -0.2) is 4.79 Å². The van der Waals surface area contributed by atoms with Crippen LogP contribution in [0.4, 0.5) is 0 Å². The van der Waals surface area contributed by atoms with Crippen molar-refractivity contribution in [2.24, 2.45) is 0 Å². The van der Waals surface area contributed by atoms with E-state index in [0.29, 0.717) is 5.56 Å². The first kappa shape index (κ1) is 13.1. The van der Waals surface area contributed by atoms with Crippen LogP contribution in [0.15, 0.2) is 42.6 Å². The first-order valence-corrected chi connectivity index (χ1v) is 7.46. The Kier molecular flexibility index (Phi) is 2.79. The van der Waals surface area contributed by atoms with E-state index >= 15 is 0 Å². The minimum absolute atomic E-state index is 0.291. The van der Waals surface area contributed by atoms with Crippen molar-refractivity contribution in [3.05, 3.63) is 65.1 Å². The molecule has 2 aromatic heterocycles. The largest absolute Gasteiger partial charge is 0.447 e. The van der Waals surface area contributed by atoms with Crippen LogP contribution in [0.5, 0.6) is 0 Å². The minimum atomic E-state index is -0.415. The summed E-state index contributed by atoms with van der Waals surface area (Å²) in [5, 5.41) is 1.12. The molecular formula is C18H16N2O2. The molecule has 4 heteroatoms. The number of aromatic nitrogens is 2. The van der Waals surface area contributed by atoms with Gasteiger partial charge in [0.25, 0.3) is 0 Å². The van der Waals surface area contributed by atoms with Crippen molar-refractivity contribution < 1.29 is 9.53 Å². The lowest BCUT2D eigenvalue weighted by Gasteiger charge is -2.11. The highest BCUT2D eigenvalue weighted by molar-refractivity contribution is 5.95. The fourth-order valence-electron chi connectivity index (χ4n) is 3.42. The smallest absolute Gasteiger partial charge is 0.341 e. The number of carbonyl (C=O) groups is 1. The van der Waals surface area contributed by atoms with Gasteiger partial charge in [-0.3, -0.25) is 4.98 Å². The number of hydrogen-bond donors (Lipinski definition) is 0. The summed E-state index contributed by atoms with van der Waals surface area (Å²) >= 11 is 0. The molecule has 4 nitrogen and oxygen atoms in total. The number of aryl methyl sites for hydroxylation is 1. The van der Waals surface area contributed by atoms with Crippen LogP contribution < -0.4 is 0 Å². The number of pyridine rings is 1. The summed E-state index contributed by atoms with van der Waals surface area (Å²) in [5.41, 5.74) is 4.62. The Bertz CT molecular complexity index is 895. The highest BCUT2D eigenvalue weighted by Gasteiger charge is 2.36. The van der Waals surface area contributed by atoms with Crippen molar-refractivity contribution in [2.45, 2.75) is 26.5 Å². The van der Waals surface area contributed by atoms with Gasteiger partial charge in [0.15, 0.2) is 6.10 Å². The highest BCUT2D eigenvalue weighted by atomic mass is 16.5. The molecule has 0 spiro atoms. The van der Waals surface area contributed by atoms with Crippen molar-refractivity contribution >= 4 is 16.9 Å². The van der Waals surface area contributed by atoms with E-state index in [2.05, 4.69) is 35.5 Å².